The van der Waals surface area contributed by atoms with Gasteiger partial charge in [-0.25, -0.2) is 4.98 Å². The van der Waals surface area contributed by atoms with Gasteiger partial charge in [0.05, 0.1) is 6.10 Å². The van der Waals surface area contributed by atoms with Crippen LogP contribution in [0.5, 0.6) is 0 Å². The molecular formula is C12H16ClN3O. The van der Waals surface area contributed by atoms with Crippen LogP contribution in [0.1, 0.15) is 25.7 Å². The Kier molecular flexibility index (Phi) is 2.64. The fraction of sp³-hybridized carbons (Fsp3) is 0.583. The van der Waals surface area contributed by atoms with E-state index in [1.54, 1.807) is 6.07 Å². The molecule has 2 aliphatic heterocycles. The Labute approximate surface area is 105 Å². The average molecular weight is 254 g/mol. The van der Waals surface area contributed by atoms with Crippen molar-refractivity contribution in [2.75, 3.05) is 10.6 Å². The summed E-state index contributed by atoms with van der Waals surface area (Å²) in [4.78, 5) is 6.64. The predicted molar refractivity (Wildman–Crippen MR) is 68.2 cm³/mol. The molecular weight excluding hydrogens is 238 g/mol. The fourth-order valence-corrected chi connectivity index (χ4v) is 3.37. The first-order valence-electron chi connectivity index (χ1n) is 6.03. The number of piperidine rings is 1. The number of aliphatic hydroxyl groups is 1. The summed E-state index contributed by atoms with van der Waals surface area (Å²) < 4.78 is 0. The average Bonchev–Trinajstić information content (AvgIpc) is 2.50. The third-order valence-corrected chi connectivity index (χ3v) is 3.97. The molecule has 3 N–H and O–H groups in total. The van der Waals surface area contributed by atoms with E-state index in [0.29, 0.717) is 22.9 Å². The van der Waals surface area contributed by atoms with Gasteiger partial charge >= 0.3 is 0 Å². The van der Waals surface area contributed by atoms with Gasteiger partial charge in [-0.05, 0) is 31.7 Å². The number of pyridine rings is 1. The highest BCUT2D eigenvalue weighted by Crippen LogP contribution is 2.39. The van der Waals surface area contributed by atoms with Crippen molar-refractivity contribution in [3.63, 3.8) is 0 Å². The van der Waals surface area contributed by atoms with Crippen LogP contribution in [0.3, 0.4) is 0 Å². The summed E-state index contributed by atoms with van der Waals surface area (Å²) in [5.41, 5.74) is 6.45. The maximum Gasteiger partial charge on any atom is 0.133 e. The normalized spacial score (nSPS) is 31.9. The maximum absolute atomic E-state index is 9.77. The summed E-state index contributed by atoms with van der Waals surface area (Å²) in [6.45, 7) is 0. The number of aromatic nitrogens is 1. The first-order valence-corrected chi connectivity index (χ1v) is 6.41. The number of halogens is 1. The number of anilines is 2. The van der Waals surface area contributed by atoms with Gasteiger partial charge in [0, 0.05) is 23.8 Å². The molecule has 3 heterocycles. The van der Waals surface area contributed by atoms with E-state index in [2.05, 4.69) is 9.88 Å². The molecule has 0 amide bonds. The summed E-state index contributed by atoms with van der Waals surface area (Å²) in [7, 11) is 0. The molecule has 2 unspecified atom stereocenters. The van der Waals surface area contributed by atoms with Crippen LogP contribution in [-0.2, 0) is 0 Å². The summed E-state index contributed by atoms with van der Waals surface area (Å²) in [6, 6.07) is 4.30. The van der Waals surface area contributed by atoms with Crippen molar-refractivity contribution in [2.45, 2.75) is 43.9 Å². The van der Waals surface area contributed by atoms with Gasteiger partial charge in [0.1, 0.15) is 11.0 Å². The van der Waals surface area contributed by atoms with Crippen LogP contribution in [-0.4, -0.2) is 28.3 Å². The number of nitrogen functional groups attached to an aromatic ring is 1. The van der Waals surface area contributed by atoms with Gasteiger partial charge in [-0.3, -0.25) is 0 Å². The molecule has 4 nitrogen and oxygen atoms in total. The molecule has 92 valence electrons. The van der Waals surface area contributed by atoms with E-state index in [0.717, 1.165) is 31.5 Å². The molecule has 2 aliphatic rings. The van der Waals surface area contributed by atoms with Crippen LogP contribution >= 0.6 is 11.6 Å². The minimum atomic E-state index is -0.166. The Balaban J connectivity index is 1.94. The zero-order valence-electron chi connectivity index (χ0n) is 9.51. The van der Waals surface area contributed by atoms with Crippen LogP contribution in [0.15, 0.2) is 12.1 Å². The number of hydrogen-bond donors (Lipinski definition) is 2. The molecule has 3 rings (SSSR count). The monoisotopic (exact) mass is 253 g/mol. The Bertz CT molecular complexity index is 406. The number of nitrogens with zero attached hydrogens (tertiary/aromatic N) is 2. The SMILES string of the molecule is Nc1cc(Cl)nc(N2C3CCC2CC(O)C3)c1. The first kappa shape index (κ1) is 11.1. The molecule has 2 atom stereocenters. The minimum absolute atomic E-state index is 0.166. The second kappa shape index (κ2) is 4.03. The van der Waals surface area contributed by atoms with Crippen LogP contribution < -0.4 is 10.6 Å². The van der Waals surface area contributed by atoms with Crippen LogP contribution in [0.25, 0.3) is 0 Å². The topological polar surface area (TPSA) is 62.4 Å². The second-order valence-electron chi connectivity index (χ2n) is 5.00. The first-order chi connectivity index (χ1) is 8.13. The van der Waals surface area contributed by atoms with Crippen LogP contribution in [0.2, 0.25) is 5.15 Å². The lowest BCUT2D eigenvalue weighted by Crippen LogP contribution is -2.45. The quantitative estimate of drug-likeness (QED) is 0.750. The molecule has 5 heteroatoms. The van der Waals surface area contributed by atoms with E-state index in [1.165, 1.54) is 0 Å². The second-order valence-corrected chi connectivity index (χ2v) is 5.39. The van der Waals surface area contributed by atoms with Crippen molar-refractivity contribution in [1.29, 1.82) is 0 Å². The minimum Gasteiger partial charge on any atom is -0.399 e. The number of nitrogens with two attached hydrogens (primary N) is 1. The van der Waals surface area contributed by atoms with Crippen molar-refractivity contribution in [3.05, 3.63) is 17.3 Å². The van der Waals surface area contributed by atoms with Gasteiger partial charge in [-0.2, -0.15) is 0 Å². The maximum atomic E-state index is 9.77. The van der Waals surface area contributed by atoms with Crippen molar-refractivity contribution < 1.29 is 5.11 Å². The largest absolute Gasteiger partial charge is 0.399 e. The molecule has 0 radical (unpaired) electrons. The number of fused-ring (bicyclic) bond motifs is 2. The highest BCUT2D eigenvalue weighted by Gasteiger charge is 2.40. The van der Waals surface area contributed by atoms with Crippen LogP contribution in [0.4, 0.5) is 11.5 Å². The third kappa shape index (κ3) is 1.96. The Morgan fingerprint density at radius 1 is 1.29 bits per heavy atom. The molecule has 1 aromatic rings. The van der Waals surface area contributed by atoms with Crippen molar-refractivity contribution in [1.82, 2.24) is 4.98 Å². The van der Waals surface area contributed by atoms with Gasteiger partial charge in [0.15, 0.2) is 0 Å². The van der Waals surface area contributed by atoms with E-state index in [-0.39, 0.29) is 6.10 Å². The number of hydrogen-bond acceptors (Lipinski definition) is 4. The van der Waals surface area contributed by atoms with E-state index >= 15 is 0 Å². The van der Waals surface area contributed by atoms with E-state index < -0.39 is 0 Å². The standard InChI is InChI=1S/C12H16ClN3O/c13-11-3-7(14)4-12(15-11)16-8-1-2-9(16)6-10(17)5-8/h3-4,8-10,17H,1-2,5-6H2,(H2,14,15). The highest BCUT2D eigenvalue weighted by atomic mass is 35.5. The number of rotatable bonds is 1. The predicted octanol–water partition coefficient (Wildman–Crippen LogP) is 1.81. The highest BCUT2D eigenvalue weighted by molar-refractivity contribution is 6.29. The van der Waals surface area contributed by atoms with E-state index in [9.17, 15) is 5.11 Å². The zero-order chi connectivity index (χ0) is 12.0. The van der Waals surface area contributed by atoms with Crippen molar-refractivity contribution in [2.24, 2.45) is 0 Å². The Morgan fingerprint density at radius 2 is 1.94 bits per heavy atom. The Morgan fingerprint density at radius 3 is 2.53 bits per heavy atom. The van der Waals surface area contributed by atoms with Crippen molar-refractivity contribution in [3.8, 4) is 0 Å². The molecule has 0 aromatic carbocycles. The molecule has 2 bridgehead atoms. The molecule has 17 heavy (non-hydrogen) atoms. The summed E-state index contributed by atoms with van der Waals surface area (Å²) in [6.07, 6.45) is 3.72. The smallest absolute Gasteiger partial charge is 0.133 e. The Hall–Kier alpha value is -1.00. The van der Waals surface area contributed by atoms with E-state index in [4.69, 9.17) is 17.3 Å². The van der Waals surface area contributed by atoms with Crippen LogP contribution in [0, 0.1) is 0 Å². The fourth-order valence-electron chi connectivity index (χ4n) is 3.16. The summed E-state index contributed by atoms with van der Waals surface area (Å²) >= 11 is 5.95. The van der Waals surface area contributed by atoms with Gasteiger partial charge in [0.25, 0.3) is 0 Å². The number of aliphatic hydroxyl groups excluding tert-OH is 1. The lowest BCUT2D eigenvalue weighted by atomic mass is 10.00. The third-order valence-electron chi connectivity index (χ3n) is 3.78. The van der Waals surface area contributed by atoms with Gasteiger partial charge < -0.3 is 15.7 Å². The molecule has 0 aliphatic carbocycles. The molecule has 2 saturated heterocycles. The lowest BCUT2D eigenvalue weighted by molar-refractivity contribution is 0.126. The summed E-state index contributed by atoms with van der Waals surface area (Å²) in [5, 5.41) is 10.2. The van der Waals surface area contributed by atoms with Gasteiger partial charge in [-0.15, -0.1) is 0 Å². The summed E-state index contributed by atoms with van der Waals surface area (Å²) in [5.74, 6) is 0.856. The zero-order valence-corrected chi connectivity index (χ0v) is 10.3. The lowest BCUT2D eigenvalue weighted by Gasteiger charge is -2.38. The molecule has 1 aromatic heterocycles. The molecule has 0 spiro atoms. The van der Waals surface area contributed by atoms with Gasteiger partial charge in [-0.1, -0.05) is 11.6 Å². The van der Waals surface area contributed by atoms with E-state index in [1.807, 2.05) is 6.07 Å². The molecule has 0 saturated carbocycles. The van der Waals surface area contributed by atoms with Gasteiger partial charge in [0.2, 0.25) is 0 Å². The molecule has 2 fully saturated rings. The van der Waals surface area contributed by atoms with Crippen molar-refractivity contribution >= 4 is 23.1 Å².